The summed E-state index contributed by atoms with van der Waals surface area (Å²) >= 11 is 0. The first-order chi connectivity index (χ1) is 12.1. The summed E-state index contributed by atoms with van der Waals surface area (Å²) in [6.45, 7) is 6.41. The molecular weight excluding hydrogens is 308 g/mol. The molecule has 3 heteroatoms. The summed E-state index contributed by atoms with van der Waals surface area (Å²) < 4.78 is 0. The van der Waals surface area contributed by atoms with Crippen LogP contribution >= 0.6 is 0 Å². The van der Waals surface area contributed by atoms with Gasteiger partial charge in [0.2, 0.25) is 5.91 Å². The lowest BCUT2D eigenvalue weighted by molar-refractivity contribution is -0.125. The van der Waals surface area contributed by atoms with Crippen molar-refractivity contribution >= 4 is 11.6 Å². The first-order valence-electron chi connectivity index (χ1n) is 9.97. The number of hydrogen-bond donors (Lipinski definition) is 2. The number of amides is 1. The van der Waals surface area contributed by atoms with E-state index in [1.165, 1.54) is 37.7 Å². The fraction of sp³-hybridized carbons (Fsp3) is 0.591. The monoisotopic (exact) mass is 342 g/mol. The summed E-state index contributed by atoms with van der Waals surface area (Å²) in [6.07, 6.45) is 11.3. The third-order valence-electron chi connectivity index (χ3n) is 5.26. The number of allylic oxidation sites excluding steroid dienone is 1. The van der Waals surface area contributed by atoms with E-state index in [1.807, 2.05) is 18.2 Å². The van der Waals surface area contributed by atoms with Gasteiger partial charge in [-0.3, -0.25) is 4.79 Å². The van der Waals surface area contributed by atoms with Crippen LogP contribution in [0.5, 0.6) is 0 Å². The van der Waals surface area contributed by atoms with Crippen LogP contribution in [0.4, 0.5) is 5.69 Å². The molecule has 0 spiro atoms. The molecule has 0 radical (unpaired) electrons. The van der Waals surface area contributed by atoms with Gasteiger partial charge < -0.3 is 10.6 Å². The molecule has 2 rings (SSSR count). The van der Waals surface area contributed by atoms with Gasteiger partial charge >= 0.3 is 0 Å². The fourth-order valence-corrected chi connectivity index (χ4v) is 3.64. The highest BCUT2D eigenvalue weighted by Gasteiger charge is 2.26. The second-order valence-corrected chi connectivity index (χ2v) is 7.32. The molecule has 0 atom stereocenters. The van der Waals surface area contributed by atoms with Crippen LogP contribution in [-0.4, -0.2) is 5.91 Å². The minimum Gasteiger partial charge on any atom is -0.342 e. The van der Waals surface area contributed by atoms with Gasteiger partial charge in [0.25, 0.3) is 0 Å². The van der Waals surface area contributed by atoms with Crippen molar-refractivity contribution in [3.63, 3.8) is 0 Å². The molecule has 3 nitrogen and oxygen atoms in total. The van der Waals surface area contributed by atoms with E-state index in [-0.39, 0.29) is 11.8 Å². The molecule has 0 aromatic heterocycles. The second-order valence-electron chi connectivity index (χ2n) is 7.32. The second kappa shape index (κ2) is 10.3. The Kier molecular flexibility index (Phi) is 8.03. The van der Waals surface area contributed by atoms with Gasteiger partial charge in [-0.25, -0.2) is 0 Å². The topological polar surface area (TPSA) is 41.1 Å². The molecule has 1 aromatic rings. The molecule has 138 valence electrons. The highest BCUT2D eigenvalue weighted by molar-refractivity contribution is 5.81. The maximum Gasteiger partial charge on any atom is 0.228 e. The average molecular weight is 343 g/mol. The smallest absolute Gasteiger partial charge is 0.228 e. The zero-order valence-electron chi connectivity index (χ0n) is 16.1. The lowest BCUT2D eigenvalue weighted by Crippen LogP contribution is -2.35. The van der Waals surface area contributed by atoms with Crippen molar-refractivity contribution in [2.24, 2.45) is 11.8 Å². The van der Waals surface area contributed by atoms with Crippen molar-refractivity contribution in [2.45, 2.75) is 72.1 Å². The quantitative estimate of drug-likeness (QED) is 0.629. The van der Waals surface area contributed by atoms with Gasteiger partial charge in [0.15, 0.2) is 0 Å². The van der Waals surface area contributed by atoms with Gasteiger partial charge in [0, 0.05) is 11.6 Å². The molecule has 25 heavy (non-hydrogen) atoms. The molecule has 0 heterocycles. The molecule has 1 amide bonds. The third-order valence-corrected chi connectivity index (χ3v) is 5.26. The zero-order chi connectivity index (χ0) is 18.1. The molecule has 0 saturated heterocycles. The van der Waals surface area contributed by atoms with E-state index in [1.54, 1.807) is 0 Å². The Hall–Kier alpha value is -1.77. The predicted molar refractivity (Wildman–Crippen MR) is 106 cm³/mol. The normalized spacial score (nSPS) is 21.0. The maximum atomic E-state index is 12.7. The van der Waals surface area contributed by atoms with Crippen molar-refractivity contribution < 1.29 is 4.79 Å². The van der Waals surface area contributed by atoms with Crippen LogP contribution in [0, 0.1) is 18.8 Å². The summed E-state index contributed by atoms with van der Waals surface area (Å²) in [4.78, 5) is 12.7. The van der Waals surface area contributed by atoms with Gasteiger partial charge in [-0.05, 0) is 62.7 Å². The number of hydrogen-bond acceptors (Lipinski definition) is 2. The van der Waals surface area contributed by atoms with Crippen LogP contribution in [0.2, 0.25) is 0 Å². The molecular formula is C22H34N2O. The van der Waals surface area contributed by atoms with E-state index in [2.05, 4.69) is 43.5 Å². The SMILES string of the molecule is CC/C=C(\NC(=O)C1CCC(CCCC)CC1)Nc1ccccc1C. The van der Waals surface area contributed by atoms with Crippen molar-refractivity contribution in [1.29, 1.82) is 0 Å². The Morgan fingerprint density at radius 2 is 1.88 bits per heavy atom. The first-order valence-corrected chi connectivity index (χ1v) is 9.97. The van der Waals surface area contributed by atoms with Gasteiger partial charge in [-0.2, -0.15) is 0 Å². The van der Waals surface area contributed by atoms with E-state index in [0.29, 0.717) is 0 Å². The van der Waals surface area contributed by atoms with Gasteiger partial charge in [-0.1, -0.05) is 51.3 Å². The summed E-state index contributed by atoms with van der Waals surface area (Å²) in [7, 11) is 0. The number of anilines is 1. The van der Waals surface area contributed by atoms with Crippen LogP contribution in [0.3, 0.4) is 0 Å². The minimum absolute atomic E-state index is 0.164. The molecule has 1 fully saturated rings. The van der Waals surface area contributed by atoms with E-state index < -0.39 is 0 Å². The zero-order valence-corrected chi connectivity index (χ0v) is 16.1. The highest BCUT2D eigenvalue weighted by Crippen LogP contribution is 2.32. The standard InChI is InChI=1S/C22H34N2O/c1-4-6-11-18-13-15-19(16-14-18)22(25)24-21(9-5-2)23-20-12-8-7-10-17(20)3/h7-10,12,18-19,23H,4-6,11,13-16H2,1-3H3,(H,24,25)/b21-9-. The molecule has 0 aliphatic heterocycles. The van der Waals surface area contributed by atoms with E-state index in [0.717, 1.165) is 36.7 Å². The number of para-hydroxylation sites is 1. The number of nitrogens with one attached hydrogen (secondary N) is 2. The Bertz CT molecular complexity index is 571. The highest BCUT2D eigenvalue weighted by atomic mass is 16.2. The molecule has 1 aliphatic carbocycles. The number of aryl methyl sites for hydroxylation is 1. The minimum atomic E-state index is 0.164. The Balaban J connectivity index is 1.89. The number of carbonyl (C=O) groups excluding carboxylic acids is 1. The Morgan fingerprint density at radius 3 is 2.52 bits per heavy atom. The van der Waals surface area contributed by atoms with E-state index in [9.17, 15) is 4.79 Å². The largest absolute Gasteiger partial charge is 0.342 e. The fourth-order valence-electron chi connectivity index (χ4n) is 3.64. The van der Waals surface area contributed by atoms with Crippen LogP contribution in [-0.2, 0) is 4.79 Å². The van der Waals surface area contributed by atoms with Crippen molar-refractivity contribution in [3.05, 3.63) is 41.7 Å². The Morgan fingerprint density at radius 1 is 1.16 bits per heavy atom. The van der Waals surface area contributed by atoms with Crippen molar-refractivity contribution in [2.75, 3.05) is 5.32 Å². The van der Waals surface area contributed by atoms with Crippen LogP contribution in [0.25, 0.3) is 0 Å². The molecule has 0 bridgehead atoms. The predicted octanol–water partition coefficient (Wildman–Crippen LogP) is 5.77. The van der Waals surface area contributed by atoms with E-state index in [4.69, 9.17) is 0 Å². The number of rotatable bonds is 8. The summed E-state index contributed by atoms with van der Waals surface area (Å²) in [5.74, 6) is 1.99. The van der Waals surface area contributed by atoms with Gasteiger partial charge in [-0.15, -0.1) is 0 Å². The summed E-state index contributed by atoms with van der Waals surface area (Å²) in [5.41, 5.74) is 2.22. The van der Waals surface area contributed by atoms with Crippen molar-refractivity contribution in [1.82, 2.24) is 5.32 Å². The summed E-state index contributed by atoms with van der Waals surface area (Å²) in [6, 6.07) is 8.16. The molecule has 0 unspecified atom stereocenters. The van der Waals surface area contributed by atoms with Crippen molar-refractivity contribution in [3.8, 4) is 0 Å². The average Bonchev–Trinajstić information content (AvgIpc) is 2.62. The van der Waals surface area contributed by atoms with E-state index >= 15 is 0 Å². The third kappa shape index (κ3) is 6.22. The summed E-state index contributed by atoms with van der Waals surface area (Å²) in [5, 5.41) is 6.52. The number of unbranched alkanes of at least 4 members (excludes halogenated alkanes) is 1. The molecule has 1 aliphatic rings. The maximum absolute atomic E-state index is 12.7. The molecule has 2 N–H and O–H groups in total. The lowest BCUT2D eigenvalue weighted by atomic mass is 9.79. The first kappa shape index (κ1) is 19.6. The van der Waals surface area contributed by atoms with Crippen LogP contribution in [0.1, 0.15) is 70.8 Å². The van der Waals surface area contributed by atoms with Gasteiger partial charge in [0.05, 0.1) is 0 Å². The molecule has 1 saturated carbocycles. The van der Waals surface area contributed by atoms with Crippen LogP contribution < -0.4 is 10.6 Å². The van der Waals surface area contributed by atoms with Gasteiger partial charge in [0.1, 0.15) is 5.82 Å². The lowest BCUT2D eigenvalue weighted by Gasteiger charge is -2.28. The number of benzene rings is 1. The Labute approximate surface area is 153 Å². The molecule has 1 aromatic carbocycles. The van der Waals surface area contributed by atoms with Crippen LogP contribution in [0.15, 0.2) is 36.2 Å². The number of carbonyl (C=O) groups is 1.